The fourth-order valence-corrected chi connectivity index (χ4v) is 2.02. The zero-order valence-corrected chi connectivity index (χ0v) is 12.5. The first kappa shape index (κ1) is 17.0. The van der Waals surface area contributed by atoms with Crippen LogP contribution in [0, 0.1) is 5.82 Å². The maximum Gasteiger partial charge on any atom is 0.387 e. The monoisotopic (exact) mass is 345 g/mol. The van der Waals surface area contributed by atoms with Crippen molar-refractivity contribution in [3.63, 3.8) is 0 Å². The molecule has 0 saturated heterocycles. The van der Waals surface area contributed by atoms with Crippen molar-refractivity contribution in [2.45, 2.75) is 6.61 Å². The fourth-order valence-electron chi connectivity index (χ4n) is 1.85. The summed E-state index contributed by atoms with van der Waals surface area (Å²) in [7, 11) is 1.24. The predicted octanol–water partition coefficient (Wildman–Crippen LogP) is 4.34. The first-order valence-electron chi connectivity index (χ1n) is 6.30. The second kappa shape index (κ2) is 7.23. The third-order valence-electron chi connectivity index (χ3n) is 2.83. The van der Waals surface area contributed by atoms with E-state index in [1.165, 1.54) is 37.4 Å². The van der Waals surface area contributed by atoms with E-state index in [9.17, 15) is 18.0 Å². The number of hydrogen-bond donors (Lipinski definition) is 1. The lowest BCUT2D eigenvalue weighted by Crippen LogP contribution is -2.16. The molecule has 0 spiro atoms. The Kier molecular flexibility index (Phi) is 5.33. The summed E-state index contributed by atoms with van der Waals surface area (Å²) >= 11 is 5.73. The summed E-state index contributed by atoms with van der Waals surface area (Å²) in [4.78, 5) is 12.2. The first-order chi connectivity index (χ1) is 10.9. The van der Waals surface area contributed by atoms with E-state index in [1.807, 2.05) is 0 Å². The molecule has 0 aliphatic heterocycles. The smallest absolute Gasteiger partial charge is 0.387 e. The SMILES string of the molecule is COc1cccc(C(=O)Nc2cc(Cl)ccc2F)c1OC(F)F. The van der Waals surface area contributed by atoms with Gasteiger partial charge in [0.1, 0.15) is 5.82 Å². The number of para-hydroxylation sites is 1. The predicted molar refractivity (Wildman–Crippen MR) is 79.0 cm³/mol. The van der Waals surface area contributed by atoms with Crippen LogP contribution in [0.25, 0.3) is 0 Å². The number of nitrogens with one attached hydrogen (secondary N) is 1. The number of halogens is 4. The molecule has 2 aromatic rings. The maximum absolute atomic E-state index is 13.7. The van der Waals surface area contributed by atoms with Crippen LogP contribution in [0.15, 0.2) is 36.4 Å². The van der Waals surface area contributed by atoms with E-state index in [0.717, 1.165) is 6.07 Å². The Hall–Kier alpha value is -2.41. The molecule has 1 N–H and O–H groups in total. The van der Waals surface area contributed by atoms with Crippen LogP contribution in [0.4, 0.5) is 18.9 Å². The Morgan fingerprint density at radius 2 is 2.00 bits per heavy atom. The molecule has 0 aromatic heterocycles. The topological polar surface area (TPSA) is 47.6 Å². The molecule has 1 amide bonds. The van der Waals surface area contributed by atoms with E-state index in [2.05, 4.69) is 10.1 Å². The van der Waals surface area contributed by atoms with Gasteiger partial charge in [-0.25, -0.2) is 4.39 Å². The van der Waals surface area contributed by atoms with Gasteiger partial charge in [-0.1, -0.05) is 17.7 Å². The molecule has 0 unspecified atom stereocenters. The number of anilines is 1. The average molecular weight is 346 g/mol. The molecule has 0 heterocycles. The van der Waals surface area contributed by atoms with Gasteiger partial charge in [-0.15, -0.1) is 0 Å². The molecule has 0 atom stereocenters. The minimum absolute atomic E-state index is 0.0514. The standard InChI is InChI=1S/C15H11ClF3NO3/c1-22-12-4-2-3-9(13(12)23-15(18)19)14(21)20-11-7-8(16)5-6-10(11)17/h2-7,15H,1H3,(H,20,21). The molecule has 0 saturated carbocycles. The van der Waals surface area contributed by atoms with Crippen molar-refractivity contribution in [1.82, 2.24) is 0 Å². The number of ether oxygens (including phenoxy) is 2. The van der Waals surface area contributed by atoms with Crippen LogP contribution in [-0.2, 0) is 0 Å². The van der Waals surface area contributed by atoms with E-state index in [0.29, 0.717) is 0 Å². The molecular weight excluding hydrogens is 335 g/mol. The van der Waals surface area contributed by atoms with Crippen LogP contribution in [0.2, 0.25) is 5.02 Å². The normalized spacial score (nSPS) is 10.5. The van der Waals surface area contributed by atoms with Crippen molar-refractivity contribution in [3.8, 4) is 11.5 Å². The van der Waals surface area contributed by atoms with Gasteiger partial charge in [-0.05, 0) is 30.3 Å². The Morgan fingerprint density at radius 1 is 1.26 bits per heavy atom. The van der Waals surface area contributed by atoms with Crippen molar-refractivity contribution in [2.75, 3.05) is 12.4 Å². The Balaban J connectivity index is 2.37. The van der Waals surface area contributed by atoms with Gasteiger partial charge in [-0.2, -0.15) is 8.78 Å². The first-order valence-corrected chi connectivity index (χ1v) is 6.68. The zero-order valence-electron chi connectivity index (χ0n) is 11.8. The molecule has 0 aliphatic rings. The largest absolute Gasteiger partial charge is 0.493 e. The highest BCUT2D eigenvalue weighted by Crippen LogP contribution is 2.33. The summed E-state index contributed by atoms with van der Waals surface area (Å²) in [6, 6.07) is 7.60. The molecule has 8 heteroatoms. The van der Waals surface area contributed by atoms with Gasteiger partial charge in [0.05, 0.1) is 18.4 Å². The van der Waals surface area contributed by atoms with Crippen molar-refractivity contribution >= 4 is 23.2 Å². The summed E-state index contributed by atoms with van der Waals surface area (Å²) in [5, 5.41) is 2.46. The van der Waals surface area contributed by atoms with Gasteiger partial charge in [0, 0.05) is 5.02 Å². The van der Waals surface area contributed by atoms with Crippen molar-refractivity contribution in [2.24, 2.45) is 0 Å². The lowest BCUT2D eigenvalue weighted by Gasteiger charge is -2.14. The minimum Gasteiger partial charge on any atom is -0.493 e. The van der Waals surface area contributed by atoms with Crippen molar-refractivity contribution in [3.05, 3.63) is 52.8 Å². The lowest BCUT2D eigenvalue weighted by molar-refractivity contribution is -0.0515. The van der Waals surface area contributed by atoms with Gasteiger partial charge in [-0.3, -0.25) is 4.79 Å². The van der Waals surface area contributed by atoms with Crippen LogP contribution in [0.3, 0.4) is 0 Å². The zero-order chi connectivity index (χ0) is 17.0. The van der Waals surface area contributed by atoms with Gasteiger partial charge < -0.3 is 14.8 Å². The average Bonchev–Trinajstić information content (AvgIpc) is 2.50. The minimum atomic E-state index is -3.15. The third-order valence-corrected chi connectivity index (χ3v) is 3.06. The number of hydrogen-bond acceptors (Lipinski definition) is 3. The Bertz CT molecular complexity index is 725. The fraction of sp³-hybridized carbons (Fsp3) is 0.133. The summed E-state index contributed by atoms with van der Waals surface area (Å²) in [6.07, 6.45) is 0. The van der Waals surface area contributed by atoms with Crippen molar-refractivity contribution < 1.29 is 27.4 Å². The van der Waals surface area contributed by atoms with E-state index in [4.69, 9.17) is 16.3 Å². The van der Waals surface area contributed by atoms with Crippen LogP contribution in [-0.4, -0.2) is 19.6 Å². The van der Waals surface area contributed by atoms with Gasteiger partial charge >= 0.3 is 6.61 Å². The molecule has 4 nitrogen and oxygen atoms in total. The summed E-state index contributed by atoms with van der Waals surface area (Å²) in [5.41, 5.74) is -0.419. The Labute approximate surface area is 134 Å². The van der Waals surface area contributed by atoms with E-state index < -0.39 is 24.1 Å². The number of amides is 1. The summed E-state index contributed by atoms with van der Waals surface area (Å²) in [5.74, 6) is -2.06. The maximum atomic E-state index is 13.7. The molecule has 2 rings (SSSR count). The third kappa shape index (κ3) is 4.07. The van der Waals surface area contributed by atoms with Crippen LogP contribution in [0.5, 0.6) is 11.5 Å². The number of rotatable bonds is 5. The van der Waals surface area contributed by atoms with Crippen LogP contribution in [0.1, 0.15) is 10.4 Å². The highest BCUT2D eigenvalue weighted by atomic mass is 35.5. The second-order valence-electron chi connectivity index (χ2n) is 4.29. The second-order valence-corrected chi connectivity index (χ2v) is 4.73. The quantitative estimate of drug-likeness (QED) is 0.876. The van der Waals surface area contributed by atoms with Gasteiger partial charge in [0.25, 0.3) is 5.91 Å². The van der Waals surface area contributed by atoms with E-state index in [1.54, 1.807) is 0 Å². The number of carbonyl (C=O) groups excluding carboxylic acids is 1. The van der Waals surface area contributed by atoms with E-state index >= 15 is 0 Å². The molecule has 0 fully saturated rings. The molecule has 0 aliphatic carbocycles. The highest BCUT2D eigenvalue weighted by molar-refractivity contribution is 6.31. The van der Waals surface area contributed by atoms with Crippen molar-refractivity contribution in [1.29, 1.82) is 0 Å². The molecular formula is C15H11ClF3NO3. The molecule has 0 radical (unpaired) electrons. The lowest BCUT2D eigenvalue weighted by atomic mass is 10.1. The van der Waals surface area contributed by atoms with E-state index in [-0.39, 0.29) is 22.0 Å². The molecule has 2 aromatic carbocycles. The van der Waals surface area contributed by atoms with Crippen LogP contribution < -0.4 is 14.8 Å². The Morgan fingerprint density at radius 3 is 2.65 bits per heavy atom. The summed E-state index contributed by atoms with van der Waals surface area (Å²) in [6.45, 7) is -3.15. The molecule has 122 valence electrons. The molecule has 0 bridgehead atoms. The summed E-state index contributed by atoms with van der Waals surface area (Å²) < 4.78 is 48.0. The number of benzene rings is 2. The van der Waals surface area contributed by atoms with Gasteiger partial charge in [0.15, 0.2) is 11.5 Å². The number of alkyl halides is 2. The number of carbonyl (C=O) groups is 1. The van der Waals surface area contributed by atoms with Crippen LogP contribution >= 0.6 is 11.6 Å². The number of methoxy groups -OCH3 is 1. The van der Waals surface area contributed by atoms with Gasteiger partial charge in [0.2, 0.25) is 0 Å². The highest BCUT2D eigenvalue weighted by Gasteiger charge is 2.21. The molecule has 23 heavy (non-hydrogen) atoms.